The molecule has 1 aliphatic heterocycles. The molecule has 0 bridgehead atoms. The molecule has 0 aromatic rings. The second kappa shape index (κ2) is 4.33. The molecule has 12 heavy (non-hydrogen) atoms. The minimum absolute atomic E-state index is 0.992. The molecule has 66 valence electrons. The first-order valence-corrected chi connectivity index (χ1v) is 4.70. The summed E-state index contributed by atoms with van der Waals surface area (Å²) in [5, 5.41) is 0. The number of quaternary nitrogens is 1. The zero-order valence-corrected chi connectivity index (χ0v) is 7.97. The van der Waals surface area contributed by atoms with Gasteiger partial charge in [-0.1, -0.05) is 12.5 Å². The summed E-state index contributed by atoms with van der Waals surface area (Å²) < 4.78 is 1.14. The van der Waals surface area contributed by atoms with Gasteiger partial charge >= 0.3 is 0 Å². The number of hydrogen-bond acceptors (Lipinski definition) is 0. The van der Waals surface area contributed by atoms with Crippen LogP contribution in [0.25, 0.3) is 0 Å². The number of rotatable bonds is 1. The van der Waals surface area contributed by atoms with E-state index in [1.54, 1.807) is 6.08 Å². The highest BCUT2D eigenvalue weighted by Crippen LogP contribution is 2.14. The molecule has 0 amide bonds. The van der Waals surface area contributed by atoms with E-state index in [4.69, 9.17) is 0 Å². The fourth-order valence-electron chi connectivity index (χ4n) is 1.74. The summed E-state index contributed by atoms with van der Waals surface area (Å²) in [6.45, 7) is 7.17. The summed E-state index contributed by atoms with van der Waals surface area (Å²) in [7, 11) is 2.30. The van der Waals surface area contributed by atoms with Crippen molar-refractivity contribution >= 4 is 0 Å². The van der Waals surface area contributed by atoms with Crippen LogP contribution in [0.3, 0.4) is 0 Å². The van der Waals surface area contributed by atoms with Gasteiger partial charge in [0.1, 0.15) is 6.54 Å². The van der Waals surface area contributed by atoms with E-state index in [9.17, 15) is 0 Å². The van der Waals surface area contributed by atoms with Gasteiger partial charge in [0.15, 0.2) is 0 Å². The summed E-state index contributed by atoms with van der Waals surface area (Å²) in [4.78, 5) is 0. The molecule has 0 spiro atoms. The summed E-state index contributed by atoms with van der Waals surface area (Å²) in [6, 6.07) is 0. The number of hydrogen-bond donors (Lipinski definition) is 0. The molecule has 1 fully saturated rings. The van der Waals surface area contributed by atoms with Crippen LogP contribution in [0, 0.1) is 11.8 Å². The largest absolute Gasteiger partial charge is 0.316 e. The zero-order chi connectivity index (χ0) is 8.86. The van der Waals surface area contributed by atoms with Crippen molar-refractivity contribution < 1.29 is 4.48 Å². The third-order valence-corrected chi connectivity index (χ3v) is 2.56. The van der Waals surface area contributed by atoms with Crippen molar-refractivity contribution in [1.29, 1.82) is 0 Å². The van der Waals surface area contributed by atoms with Gasteiger partial charge in [0.25, 0.3) is 0 Å². The summed E-state index contributed by atoms with van der Waals surface area (Å²) in [5.74, 6) is 6.07. The van der Waals surface area contributed by atoms with E-state index in [-0.39, 0.29) is 0 Å². The van der Waals surface area contributed by atoms with Gasteiger partial charge in [-0.3, -0.25) is 0 Å². The predicted octanol–water partition coefficient (Wildman–Crippen LogP) is 1.81. The van der Waals surface area contributed by atoms with Gasteiger partial charge in [-0.2, -0.15) is 0 Å². The highest BCUT2D eigenvalue weighted by molar-refractivity contribution is 5.12. The van der Waals surface area contributed by atoms with Crippen LogP contribution in [0.4, 0.5) is 0 Å². The Hall–Kier alpha value is -0.740. The maximum Gasteiger partial charge on any atom is 0.141 e. The highest BCUT2D eigenvalue weighted by Gasteiger charge is 2.22. The van der Waals surface area contributed by atoms with E-state index in [1.165, 1.54) is 32.4 Å². The smallest absolute Gasteiger partial charge is 0.141 e. The predicted molar refractivity (Wildman–Crippen MR) is 52.6 cm³/mol. The highest BCUT2D eigenvalue weighted by atomic mass is 15.3. The fraction of sp³-hybridized carbons (Fsp3) is 0.636. The van der Waals surface area contributed by atoms with E-state index in [2.05, 4.69) is 25.5 Å². The third-order valence-electron chi connectivity index (χ3n) is 2.56. The van der Waals surface area contributed by atoms with Crippen molar-refractivity contribution in [1.82, 2.24) is 0 Å². The second-order valence-corrected chi connectivity index (χ2v) is 3.81. The first-order valence-electron chi connectivity index (χ1n) is 4.70. The molecule has 1 aliphatic rings. The third kappa shape index (κ3) is 2.71. The summed E-state index contributed by atoms with van der Waals surface area (Å²) in [6.07, 6.45) is 5.82. The van der Waals surface area contributed by atoms with Crippen molar-refractivity contribution in [2.24, 2.45) is 0 Å². The van der Waals surface area contributed by atoms with Crippen LogP contribution in [-0.2, 0) is 0 Å². The maximum atomic E-state index is 3.59. The van der Waals surface area contributed by atoms with Gasteiger partial charge in [0.2, 0.25) is 0 Å². The van der Waals surface area contributed by atoms with Crippen LogP contribution in [0.2, 0.25) is 0 Å². The van der Waals surface area contributed by atoms with Gasteiger partial charge in [0, 0.05) is 0 Å². The van der Waals surface area contributed by atoms with E-state index in [0.717, 1.165) is 11.0 Å². The minimum atomic E-state index is 0.992. The Morgan fingerprint density at radius 1 is 1.33 bits per heavy atom. The first-order chi connectivity index (χ1) is 5.77. The molecule has 0 aliphatic carbocycles. The zero-order valence-electron chi connectivity index (χ0n) is 7.97. The SMILES string of the molecule is C=CC#CC[N+]1(C)CCCCC1. The van der Waals surface area contributed by atoms with Crippen molar-refractivity contribution in [3.8, 4) is 11.8 Å². The summed E-state index contributed by atoms with van der Waals surface area (Å²) >= 11 is 0. The Kier molecular flexibility index (Phi) is 3.37. The molecule has 1 heteroatoms. The molecule has 0 N–H and O–H groups in total. The fourth-order valence-corrected chi connectivity index (χ4v) is 1.74. The van der Waals surface area contributed by atoms with Gasteiger partial charge in [-0.05, 0) is 31.3 Å². The lowest BCUT2D eigenvalue weighted by atomic mass is 10.1. The molecule has 0 aromatic heterocycles. The van der Waals surface area contributed by atoms with Crippen molar-refractivity contribution in [3.63, 3.8) is 0 Å². The van der Waals surface area contributed by atoms with Gasteiger partial charge < -0.3 is 4.48 Å². The second-order valence-electron chi connectivity index (χ2n) is 3.81. The number of piperidine rings is 1. The molecule has 1 rings (SSSR count). The van der Waals surface area contributed by atoms with Crippen LogP contribution in [0.5, 0.6) is 0 Å². The Morgan fingerprint density at radius 3 is 2.58 bits per heavy atom. The Balaban J connectivity index is 2.41. The Morgan fingerprint density at radius 2 is 2.00 bits per heavy atom. The van der Waals surface area contributed by atoms with E-state index < -0.39 is 0 Å². The molecule has 0 aromatic carbocycles. The molecule has 0 radical (unpaired) electrons. The molecule has 1 heterocycles. The van der Waals surface area contributed by atoms with Crippen LogP contribution in [-0.4, -0.2) is 31.2 Å². The molecular weight excluding hydrogens is 146 g/mol. The minimum Gasteiger partial charge on any atom is -0.316 e. The number of likely N-dealkylation sites (tertiary alicyclic amines) is 1. The molecule has 0 unspecified atom stereocenters. The quantitative estimate of drug-likeness (QED) is 0.409. The molecular formula is C11H18N+. The van der Waals surface area contributed by atoms with E-state index in [1.807, 2.05) is 0 Å². The van der Waals surface area contributed by atoms with Crippen LogP contribution in [0.1, 0.15) is 19.3 Å². The normalized spacial score (nSPS) is 20.8. The molecule has 1 nitrogen and oxygen atoms in total. The van der Waals surface area contributed by atoms with Crippen LogP contribution < -0.4 is 0 Å². The van der Waals surface area contributed by atoms with Crippen molar-refractivity contribution in [2.45, 2.75) is 19.3 Å². The van der Waals surface area contributed by atoms with Crippen LogP contribution in [0.15, 0.2) is 12.7 Å². The van der Waals surface area contributed by atoms with Crippen LogP contribution >= 0.6 is 0 Å². The lowest BCUT2D eigenvalue weighted by Crippen LogP contribution is -2.47. The van der Waals surface area contributed by atoms with Crippen molar-refractivity contribution in [3.05, 3.63) is 12.7 Å². The average Bonchev–Trinajstić information content (AvgIpc) is 2.06. The van der Waals surface area contributed by atoms with E-state index in [0.29, 0.717) is 0 Å². The Labute approximate surface area is 75.7 Å². The monoisotopic (exact) mass is 164 g/mol. The number of nitrogens with zero attached hydrogens (tertiary/aromatic N) is 1. The topological polar surface area (TPSA) is 0 Å². The van der Waals surface area contributed by atoms with Gasteiger partial charge in [0.05, 0.1) is 20.1 Å². The molecule has 1 saturated heterocycles. The van der Waals surface area contributed by atoms with Gasteiger partial charge in [-0.15, -0.1) is 0 Å². The average molecular weight is 164 g/mol. The van der Waals surface area contributed by atoms with Crippen molar-refractivity contribution in [2.75, 3.05) is 26.7 Å². The van der Waals surface area contributed by atoms with E-state index >= 15 is 0 Å². The first kappa shape index (κ1) is 9.35. The molecule has 0 atom stereocenters. The maximum absolute atomic E-state index is 3.59. The number of allylic oxidation sites excluding steroid dienone is 1. The Bertz CT molecular complexity index is 201. The van der Waals surface area contributed by atoms with Gasteiger partial charge in [-0.25, -0.2) is 0 Å². The molecule has 0 saturated carbocycles. The standard InChI is InChI=1S/C11H18N/c1-3-4-6-9-12(2)10-7-5-8-11-12/h3H,1,5,7-11H2,2H3/q+1. The lowest BCUT2D eigenvalue weighted by molar-refractivity contribution is -0.907. The summed E-state index contributed by atoms with van der Waals surface area (Å²) in [5.41, 5.74) is 0. The lowest BCUT2D eigenvalue weighted by Gasteiger charge is -2.35.